The smallest absolute Gasteiger partial charge is 0.335 e. The molecule has 0 spiro atoms. The van der Waals surface area contributed by atoms with Crippen LogP contribution < -0.4 is 9.80 Å². The number of imide groups is 1. The molecule has 2 aliphatic rings. The minimum absolute atomic E-state index is 0.0362. The van der Waals surface area contributed by atoms with Gasteiger partial charge in [-0.2, -0.15) is 0 Å². The number of hydrogen-bond acceptors (Lipinski definition) is 6. The number of anilines is 2. The zero-order valence-electron chi connectivity index (χ0n) is 15.7. The predicted octanol–water partition coefficient (Wildman–Crippen LogP) is 1.54. The van der Waals surface area contributed by atoms with Gasteiger partial charge in [-0.05, 0) is 42.5 Å². The molecule has 2 N–H and O–H groups in total. The van der Waals surface area contributed by atoms with Gasteiger partial charge in [0.05, 0.1) is 23.7 Å². The van der Waals surface area contributed by atoms with Gasteiger partial charge in [0.25, 0.3) is 5.91 Å². The molecule has 29 heavy (non-hydrogen) atoms. The van der Waals surface area contributed by atoms with E-state index in [0.29, 0.717) is 31.9 Å². The maximum Gasteiger partial charge on any atom is 0.335 e. The van der Waals surface area contributed by atoms with Gasteiger partial charge in [-0.25, -0.2) is 9.69 Å². The monoisotopic (exact) mass is 395 g/mol. The van der Waals surface area contributed by atoms with Crippen LogP contribution in [0.1, 0.15) is 16.8 Å². The lowest BCUT2D eigenvalue weighted by Crippen LogP contribution is -2.52. The molecule has 4 rings (SSSR count). The number of carbonyl (C=O) groups is 3. The van der Waals surface area contributed by atoms with Crippen LogP contribution in [-0.4, -0.2) is 65.1 Å². The zero-order valence-corrected chi connectivity index (χ0v) is 15.7. The first-order valence-electron chi connectivity index (χ1n) is 9.42. The summed E-state index contributed by atoms with van der Waals surface area (Å²) < 4.78 is 0. The van der Waals surface area contributed by atoms with Crippen LogP contribution in [0.25, 0.3) is 0 Å². The van der Waals surface area contributed by atoms with Gasteiger partial charge >= 0.3 is 5.97 Å². The number of nitrogens with zero attached hydrogens (tertiary/aromatic N) is 3. The quantitative estimate of drug-likeness (QED) is 0.758. The van der Waals surface area contributed by atoms with E-state index in [9.17, 15) is 19.5 Å². The average molecular weight is 395 g/mol. The van der Waals surface area contributed by atoms with Crippen molar-refractivity contribution in [3.05, 3.63) is 54.1 Å². The highest BCUT2D eigenvalue weighted by molar-refractivity contribution is 6.22. The maximum absolute atomic E-state index is 13.0. The summed E-state index contributed by atoms with van der Waals surface area (Å²) in [5.41, 5.74) is 1.34. The van der Waals surface area contributed by atoms with Crippen molar-refractivity contribution in [2.75, 3.05) is 36.0 Å². The van der Waals surface area contributed by atoms with Crippen LogP contribution in [0.5, 0.6) is 5.75 Å². The lowest BCUT2D eigenvalue weighted by Gasteiger charge is -2.38. The number of phenols is 1. The van der Waals surface area contributed by atoms with Crippen molar-refractivity contribution in [1.29, 1.82) is 0 Å². The van der Waals surface area contributed by atoms with Gasteiger partial charge in [-0.3, -0.25) is 14.5 Å². The van der Waals surface area contributed by atoms with Crippen LogP contribution in [0.2, 0.25) is 0 Å². The third kappa shape index (κ3) is 3.66. The van der Waals surface area contributed by atoms with Crippen LogP contribution >= 0.6 is 0 Å². The minimum atomic E-state index is -1.10. The van der Waals surface area contributed by atoms with Gasteiger partial charge < -0.3 is 15.1 Å². The van der Waals surface area contributed by atoms with E-state index in [4.69, 9.17) is 5.11 Å². The van der Waals surface area contributed by atoms with Gasteiger partial charge in [-0.15, -0.1) is 0 Å². The SMILES string of the molecule is O=C(O)c1cccc(N2C(=O)CC(N3CCN(c4ccc(O)cc4)CC3)C2=O)c1. The van der Waals surface area contributed by atoms with Crippen LogP contribution in [-0.2, 0) is 9.59 Å². The highest BCUT2D eigenvalue weighted by Crippen LogP contribution is 2.28. The Balaban J connectivity index is 1.45. The number of benzene rings is 2. The molecule has 1 atom stereocenters. The molecular weight excluding hydrogens is 374 g/mol. The van der Waals surface area contributed by atoms with Crippen molar-refractivity contribution in [1.82, 2.24) is 4.90 Å². The molecule has 0 radical (unpaired) electrons. The second-order valence-corrected chi connectivity index (χ2v) is 7.18. The fourth-order valence-electron chi connectivity index (χ4n) is 3.91. The highest BCUT2D eigenvalue weighted by atomic mass is 16.4. The molecule has 0 bridgehead atoms. The summed E-state index contributed by atoms with van der Waals surface area (Å²) in [5.74, 6) is -1.51. The first kappa shape index (κ1) is 18.9. The van der Waals surface area contributed by atoms with E-state index in [-0.39, 0.29) is 29.5 Å². The largest absolute Gasteiger partial charge is 0.508 e. The van der Waals surface area contributed by atoms with E-state index in [1.165, 1.54) is 18.2 Å². The number of hydrogen-bond donors (Lipinski definition) is 2. The molecule has 150 valence electrons. The topological polar surface area (TPSA) is 101 Å². The molecule has 8 heteroatoms. The Morgan fingerprint density at radius 1 is 0.931 bits per heavy atom. The van der Waals surface area contributed by atoms with E-state index in [1.54, 1.807) is 18.2 Å². The molecule has 2 aromatic rings. The number of carboxylic acid groups (broad SMARTS) is 1. The van der Waals surface area contributed by atoms with E-state index in [0.717, 1.165) is 10.6 Å². The second kappa shape index (κ2) is 7.56. The fraction of sp³-hybridized carbons (Fsp3) is 0.286. The molecule has 2 amide bonds. The Hall–Kier alpha value is -3.39. The molecule has 0 aromatic heterocycles. The number of carbonyl (C=O) groups excluding carboxylic acids is 2. The van der Waals surface area contributed by atoms with Crippen molar-refractivity contribution < 1.29 is 24.6 Å². The molecule has 2 aromatic carbocycles. The van der Waals surface area contributed by atoms with Crippen molar-refractivity contribution in [2.24, 2.45) is 0 Å². The van der Waals surface area contributed by atoms with Crippen LogP contribution in [0.15, 0.2) is 48.5 Å². The van der Waals surface area contributed by atoms with E-state index < -0.39 is 12.0 Å². The Bertz CT molecular complexity index is 951. The summed E-state index contributed by atoms with van der Waals surface area (Å²) in [7, 11) is 0. The number of aromatic hydroxyl groups is 1. The molecule has 2 aliphatic heterocycles. The standard InChI is InChI=1S/C21H21N3O5/c25-17-6-4-15(5-7-17)22-8-10-23(11-9-22)18-13-19(26)24(20(18)27)16-3-1-2-14(12-16)21(28)29/h1-7,12,18,25H,8-11,13H2,(H,28,29). The number of aromatic carboxylic acids is 1. The maximum atomic E-state index is 13.0. The van der Waals surface area contributed by atoms with Gasteiger partial charge in [0.2, 0.25) is 5.91 Å². The van der Waals surface area contributed by atoms with Crippen molar-refractivity contribution in [2.45, 2.75) is 12.5 Å². The molecular formula is C21H21N3O5. The van der Waals surface area contributed by atoms with E-state index in [1.807, 2.05) is 17.0 Å². The van der Waals surface area contributed by atoms with E-state index >= 15 is 0 Å². The van der Waals surface area contributed by atoms with Crippen molar-refractivity contribution >= 4 is 29.2 Å². The number of phenolic OH excluding ortho intramolecular Hbond substituents is 1. The second-order valence-electron chi connectivity index (χ2n) is 7.18. The Labute approximate surface area is 167 Å². The predicted molar refractivity (Wildman–Crippen MR) is 106 cm³/mol. The first-order valence-corrected chi connectivity index (χ1v) is 9.42. The summed E-state index contributed by atoms with van der Waals surface area (Å²) in [6, 6.07) is 12.3. The summed E-state index contributed by atoms with van der Waals surface area (Å²) >= 11 is 0. The van der Waals surface area contributed by atoms with Gasteiger partial charge in [-0.1, -0.05) is 6.07 Å². The van der Waals surface area contributed by atoms with Gasteiger partial charge in [0.1, 0.15) is 5.75 Å². The van der Waals surface area contributed by atoms with Crippen molar-refractivity contribution in [3.8, 4) is 5.75 Å². The van der Waals surface area contributed by atoms with Crippen LogP contribution in [0, 0.1) is 0 Å². The summed E-state index contributed by atoms with van der Waals surface area (Å²) in [6.45, 7) is 2.68. The average Bonchev–Trinajstić information content (AvgIpc) is 3.03. The molecule has 0 aliphatic carbocycles. The van der Waals surface area contributed by atoms with Gasteiger partial charge in [0.15, 0.2) is 0 Å². The lowest BCUT2D eigenvalue weighted by molar-refractivity contribution is -0.123. The van der Waals surface area contributed by atoms with Crippen molar-refractivity contribution in [3.63, 3.8) is 0 Å². The zero-order chi connectivity index (χ0) is 20.5. The Morgan fingerprint density at radius 2 is 1.62 bits per heavy atom. The molecule has 0 saturated carbocycles. The first-order chi connectivity index (χ1) is 13.9. The van der Waals surface area contributed by atoms with E-state index in [2.05, 4.69) is 4.90 Å². The summed E-state index contributed by atoms with van der Waals surface area (Å²) in [6.07, 6.45) is 0.0926. The molecule has 1 unspecified atom stereocenters. The molecule has 2 heterocycles. The highest BCUT2D eigenvalue weighted by Gasteiger charge is 2.43. The summed E-state index contributed by atoms with van der Waals surface area (Å²) in [5, 5.41) is 18.6. The number of amides is 2. The number of rotatable bonds is 4. The Kier molecular flexibility index (Phi) is 4.94. The van der Waals surface area contributed by atoms with Crippen LogP contribution in [0.3, 0.4) is 0 Å². The van der Waals surface area contributed by atoms with Gasteiger partial charge in [0, 0.05) is 31.9 Å². The third-order valence-electron chi connectivity index (χ3n) is 5.44. The minimum Gasteiger partial charge on any atom is -0.508 e. The lowest BCUT2D eigenvalue weighted by atomic mass is 10.1. The Morgan fingerprint density at radius 3 is 2.28 bits per heavy atom. The fourth-order valence-corrected chi connectivity index (χ4v) is 3.91. The molecule has 8 nitrogen and oxygen atoms in total. The number of carboxylic acids is 1. The third-order valence-corrected chi connectivity index (χ3v) is 5.44. The molecule has 2 saturated heterocycles. The van der Waals surface area contributed by atoms with Crippen LogP contribution in [0.4, 0.5) is 11.4 Å². The number of piperazine rings is 1. The summed E-state index contributed by atoms with van der Waals surface area (Å²) in [4.78, 5) is 42.0. The molecule has 2 fully saturated rings. The normalized spacial score (nSPS) is 20.3.